The van der Waals surface area contributed by atoms with E-state index in [4.69, 9.17) is 11.6 Å². The highest BCUT2D eigenvalue weighted by molar-refractivity contribution is 6.30. The van der Waals surface area contributed by atoms with Gasteiger partial charge in [-0.2, -0.15) is 0 Å². The van der Waals surface area contributed by atoms with Crippen LogP contribution in [0.3, 0.4) is 0 Å². The van der Waals surface area contributed by atoms with E-state index in [-0.39, 0.29) is 0 Å². The largest absolute Gasteiger partial charge is 0.384 e. The maximum atomic E-state index is 5.94. The fourth-order valence-corrected chi connectivity index (χ4v) is 2.43. The van der Waals surface area contributed by atoms with E-state index in [1.165, 1.54) is 25.9 Å². The van der Waals surface area contributed by atoms with Crippen LogP contribution < -0.4 is 5.32 Å². The molecule has 1 aliphatic heterocycles. The lowest BCUT2D eigenvalue weighted by Crippen LogP contribution is -2.36. The van der Waals surface area contributed by atoms with Crippen molar-refractivity contribution in [1.82, 2.24) is 4.90 Å². The Morgan fingerprint density at radius 1 is 1.35 bits per heavy atom. The molecule has 1 N–H and O–H groups in total. The van der Waals surface area contributed by atoms with Crippen molar-refractivity contribution >= 4 is 17.3 Å². The number of benzene rings is 1. The van der Waals surface area contributed by atoms with Crippen molar-refractivity contribution in [3.63, 3.8) is 0 Å². The minimum absolute atomic E-state index is 0.793. The summed E-state index contributed by atoms with van der Waals surface area (Å²) in [6, 6.07) is 7.91. The zero-order chi connectivity index (χ0) is 12.1. The van der Waals surface area contributed by atoms with Gasteiger partial charge in [0.2, 0.25) is 0 Å². The van der Waals surface area contributed by atoms with E-state index in [0.29, 0.717) is 0 Å². The van der Waals surface area contributed by atoms with Gasteiger partial charge in [0.1, 0.15) is 0 Å². The smallest absolute Gasteiger partial charge is 0.0426 e. The zero-order valence-corrected chi connectivity index (χ0v) is 11.2. The Bertz CT molecular complexity index is 346. The monoisotopic (exact) mass is 252 g/mol. The number of halogens is 1. The number of hydrogen-bond donors (Lipinski definition) is 1. The fourth-order valence-electron chi connectivity index (χ4n) is 2.24. The first-order chi connectivity index (χ1) is 8.24. The van der Waals surface area contributed by atoms with Gasteiger partial charge >= 0.3 is 0 Å². The van der Waals surface area contributed by atoms with Gasteiger partial charge in [0, 0.05) is 23.8 Å². The number of nitrogens with zero attached hydrogens (tertiary/aromatic N) is 1. The van der Waals surface area contributed by atoms with Gasteiger partial charge in [-0.15, -0.1) is 0 Å². The summed E-state index contributed by atoms with van der Waals surface area (Å²) in [5, 5.41) is 4.21. The first-order valence-corrected chi connectivity index (χ1v) is 6.83. The molecule has 0 amide bonds. The molecule has 0 spiro atoms. The predicted octanol–water partition coefficient (Wildman–Crippen LogP) is 3.48. The summed E-state index contributed by atoms with van der Waals surface area (Å²) in [7, 11) is 0. The van der Waals surface area contributed by atoms with Crippen LogP contribution in [0.2, 0.25) is 5.02 Å². The van der Waals surface area contributed by atoms with Crippen LogP contribution >= 0.6 is 11.6 Å². The van der Waals surface area contributed by atoms with Crippen LogP contribution in [0.1, 0.15) is 19.8 Å². The Morgan fingerprint density at radius 2 is 2.12 bits per heavy atom. The fraction of sp³-hybridized carbons (Fsp3) is 0.571. The lowest BCUT2D eigenvalue weighted by Gasteiger charge is -2.30. The van der Waals surface area contributed by atoms with Gasteiger partial charge in [0.05, 0.1) is 0 Å². The Kier molecular flexibility index (Phi) is 4.69. The van der Waals surface area contributed by atoms with Crippen LogP contribution in [0, 0.1) is 5.92 Å². The summed E-state index contributed by atoms with van der Waals surface area (Å²) in [5.41, 5.74) is 1.11. The van der Waals surface area contributed by atoms with Crippen molar-refractivity contribution < 1.29 is 0 Å². The quantitative estimate of drug-likeness (QED) is 0.883. The number of anilines is 1. The highest BCUT2D eigenvalue weighted by Gasteiger charge is 2.14. The molecule has 1 aliphatic rings. The second-order valence-corrected chi connectivity index (χ2v) is 5.40. The third kappa shape index (κ3) is 4.21. The summed E-state index contributed by atoms with van der Waals surface area (Å²) in [6.45, 7) is 6.96. The molecule has 0 bridgehead atoms. The zero-order valence-electron chi connectivity index (χ0n) is 10.5. The van der Waals surface area contributed by atoms with Gasteiger partial charge in [-0.3, -0.25) is 0 Å². The lowest BCUT2D eigenvalue weighted by atomic mass is 9.99. The standard InChI is InChI=1S/C14H21ClN2/c1-12-5-8-17(9-6-12)10-7-16-14-4-2-3-13(15)11-14/h2-4,11-12,16H,5-10H2,1H3. The van der Waals surface area contributed by atoms with Crippen molar-refractivity contribution in [2.45, 2.75) is 19.8 Å². The highest BCUT2D eigenvalue weighted by Crippen LogP contribution is 2.16. The van der Waals surface area contributed by atoms with Crippen LogP contribution in [0.5, 0.6) is 0 Å². The summed E-state index contributed by atoms with van der Waals surface area (Å²) < 4.78 is 0. The minimum Gasteiger partial charge on any atom is -0.384 e. The molecule has 2 nitrogen and oxygen atoms in total. The average Bonchev–Trinajstić information content (AvgIpc) is 2.32. The molecule has 0 aromatic heterocycles. The predicted molar refractivity (Wildman–Crippen MR) is 74.8 cm³/mol. The number of rotatable bonds is 4. The van der Waals surface area contributed by atoms with E-state index in [9.17, 15) is 0 Å². The van der Waals surface area contributed by atoms with E-state index in [1.54, 1.807) is 0 Å². The maximum Gasteiger partial charge on any atom is 0.0426 e. The molecule has 2 rings (SSSR count). The molecule has 1 heterocycles. The molecular formula is C14H21ClN2. The molecule has 0 saturated carbocycles. The highest BCUT2D eigenvalue weighted by atomic mass is 35.5. The summed E-state index contributed by atoms with van der Waals surface area (Å²) >= 11 is 5.94. The van der Waals surface area contributed by atoms with Crippen molar-refractivity contribution in [3.05, 3.63) is 29.3 Å². The molecule has 94 valence electrons. The maximum absolute atomic E-state index is 5.94. The van der Waals surface area contributed by atoms with E-state index in [2.05, 4.69) is 23.2 Å². The van der Waals surface area contributed by atoms with Crippen LogP contribution in [0.15, 0.2) is 24.3 Å². The summed E-state index contributed by atoms with van der Waals surface area (Å²) in [4.78, 5) is 2.54. The van der Waals surface area contributed by atoms with E-state index in [1.807, 2.05) is 18.2 Å². The molecule has 1 aromatic carbocycles. The Hall–Kier alpha value is -0.730. The SMILES string of the molecule is CC1CCN(CCNc2cccc(Cl)c2)CC1. The molecule has 1 fully saturated rings. The average molecular weight is 253 g/mol. The van der Waals surface area contributed by atoms with Crippen LogP contribution in [0.25, 0.3) is 0 Å². The van der Waals surface area contributed by atoms with Crippen LogP contribution in [-0.4, -0.2) is 31.1 Å². The molecule has 1 aromatic rings. The van der Waals surface area contributed by atoms with Crippen molar-refractivity contribution in [2.24, 2.45) is 5.92 Å². The first kappa shape index (κ1) is 12.7. The number of piperidine rings is 1. The second-order valence-electron chi connectivity index (χ2n) is 4.96. The molecule has 3 heteroatoms. The Labute approximate surface area is 109 Å². The summed E-state index contributed by atoms with van der Waals surface area (Å²) in [5.74, 6) is 0.909. The van der Waals surface area contributed by atoms with Crippen LogP contribution in [0.4, 0.5) is 5.69 Å². The van der Waals surface area contributed by atoms with Crippen molar-refractivity contribution in [2.75, 3.05) is 31.5 Å². The van der Waals surface area contributed by atoms with Gasteiger partial charge in [0.25, 0.3) is 0 Å². The van der Waals surface area contributed by atoms with Gasteiger partial charge in [-0.25, -0.2) is 0 Å². The first-order valence-electron chi connectivity index (χ1n) is 6.46. The second kappa shape index (κ2) is 6.27. The van der Waals surface area contributed by atoms with Gasteiger partial charge in [-0.05, 0) is 50.0 Å². The molecule has 0 atom stereocenters. The topological polar surface area (TPSA) is 15.3 Å². The van der Waals surface area contributed by atoms with Gasteiger partial charge < -0.3 is 10.2 Å². The summed E-state index contributed by atoms with van der Waals surface area (Å²) in [6.07, 6.45) is 2.69. The Balaban J connectivity index is 1.69. The third-order valence-electron chi connectivity index (χ3n) is 3.46. The van der Waals surface area contributed by atoms with E-state index < -0.39 is 0 Å². The molecule has 1 saturated heterocycles. The van der Waals surface area contributed by atoms with Gasteiger partial charge in [0.15, 0.2) is 0 Å². The third-order valence-corrected chi connectivity index (χ3v) is 3.69. The normalized spacial score (nSPS) is 18.2. The van der Waals surface area contributed by atoms with Crippen molar-refractivity contribution in [3.8, 4) is 0 Å². The molecule has 0 unspecified atom stereocenters. The minimum atomic E-state index is 0.793. The molecule has 17 heavy (non-hydrogen) atoms. The van der Waals surface area contributed by atoms with E-state index in [0.717, 1.165) is 29.7 Å². The number of likely N-dealkylation sites (tertiary alicyclic amines) is 1. The molecule has 0 radical (unpaired) electrons. The van der Waals surface area contributed by atoms with Gasteiger partial charge in [-0.1, -0.05) is 24.6 Å². The lowest BCUT2D eigenvalue weighted by molar-refractivity contribution is 0.199. The van der Waals surface area contributed by atoms with Crippen molar-refractivity contribution in [1.29, 1.82) is 0 Å². The number of hydrogen-bond acceptors (Lipinski definition) is 2. The van der Waals surface area contributed by atoms with Crippen LogP contribution in [-0.2, 0) is 0 Å². The Morgan fingerprint density at radius 3 is 2.82 bits per heavy atom. The number of nitrogens with one attached hydrogen (secondary N) is 1. The molecule has 0 aliphatic carbocycles. The van der Waals surface area contributed by atoms with E-state index >= 15 is 0 Å². The molecular weight excluding hydrogens is 232 g/mol.